The van der Waals surface area contributed by atoms with Crippen LogP contribution in [0.2, 0.25) is 78.6 Å². The number of hydrogen-bond donors (Lipinski definition) is 0. The van der Waals surface area contributed by atoms with Gasteiger partial charge in [0.25, 0.3) is 0 Å². The van der Waals surface area contributed by atoms with Gasteiger partial charge in [0.15, 0.2) is 0 Å². The molecule has 0 atom stereocenters. The van der Waals surface area contributed by atoms with E-state index in [2.05, 4.69) is 78.6 Å². The predicted octanol–water partition coefficient (Wildman–Crippen LogP) is 5.10. The fourth-order valence-corrected chi connectivity index (χ4v) is 316. The molecule has 0 spiro atoms. The summed E-state index contributed by atoms with van der Waals surface area (Å²) in [6, 6.07) is 0. The monoisotopic (exact) mass is 366 g/mol. The van der Waals surface area contributed by atoms with E-state index in [0.717, 1.165) is 0 Å². The maximum absolute atomic E-state index is 2.74. The van der Waals surface area contributed by atoms with E-state index in [1.165, 1.54) is 0 Å². The van der Waals surface area contributed by atoms with E-state index in [1.807, 2.05) is 0 Å². The van der Waals surface area contributed by atoms with Crippen LogP contribution in [0, 0.1) is 0 Å². The molecule has 0 nitrogen and oxygen atoms in total. The van der Waals surface area contributed by atoms with Crippen molar-refractivity contribution in [3.63, 3.8) is 0 Å². The molecule has 0 saturated carbocycles. The zero-order valence-corrected chi connectivity index (χ0v) is 20.6. The van der Waals surface area contributed by atoms with Gasteiger partial charge in [0.2, 0.25) is 0 Å². The Balaban J connectivity index is 6.37. The van der Waals surface area contributed by atoms with E-state index in [-0.39, 0.29) is 0 Å². The van der Waals surface area contributed by atoms with Crippen LogP contribution >= 0.6 is 0 Å². The summed E-state index contributed by atoms with van der Waals surface area (Å²) in [4.78, 5) is 0. The molecule has 0 aliphatic rings. The van der Waals surface area contributed by atoms with Gasteiger partial charge in [-0.25, -0.2) is 0 Å². The van der Waals surface area contributed by atoms with Crippen molar-refractivity contribution < 1.29 is 0 Å². The van der Waals surface area contributed by atoms with Crippen molar-refractivity contribution in [3.8, 4) is 0 Å². The second-order valence-electron chi connectivity index (χ2n) is 9.75. The number of hydrogen-bond acceptors (Lipinski definition) is 0. The summed E-state index contributed by atoms with van der Waals surface area (Å²) in [7, 11) is -1.69. The van der Waals surface area contributed by atoms with Crippen LogP contribution in [0.1, 0.15) is 0 Å². The van der Waals surface area contributed by atoms with E-state index in [0.29, 0.717) is 0 Å². The molecule has 0 heterocycles. The summed E-state index contributed by atoms with van der Waals surface area (Å²) in [6.45, 7) is 29.0. The summed E-state index contributed by atoms with van der Waals surface area (Å²) in [5.74, 6) is 0. The van der Waals surface area contributed by atoms with Crippen molar-refractivity contribution in [2.45, 2.75) is 78.6 Å². The van der Waals surface area contributed by atoms with Gasteiger partial charge in [0, 0.05) is 0 Å². The van der Waals surface area contributed by atoms with Gasteiger partial charge >= 0.3 is 116 Å². The molecular formula is C12H36GeSi4. The molecule has 0 rings (SSSR count). The van der Waals surface area contributed by atoms with Crippen molar-refractivity contribution in [3.05, 3.63) is 0 Å². The minimum absolute atomic E-state index is 0.970. The molecule has 0 fully saturated rings. The molecule has 0 bridgehead atoms. The molecule has 0 radical (unpaired) electrons. The van der Waals surface area contributed by atoms with E-state index in [4.69, 9.17) is 0 Å². The second kappa shape index (κ2) is 4.75. The quantitative estimate of drug-likeness (QED) is 0.608. The first-order chi connectivity index (χ1) is 7.00. The van der Waals surface area contributed by atoms with Crippen molar-refractivity contribution in [1.82, 2.24) is 0 Å². The molecule has 0 unspecified atom stereocenters. The Morgan fingerprint density at radius 1 is 0.353 bits per heavy atom. The first kappa shape index (κ1) is 18.4. The molecule has 0 aromatic carbocycles. The van der Waals surface area contributed by atoms with Crippen LogP contribution < -0.4 is 0 Å². The summed E-state index contributed by atoms with van der Waals surface area (Å²) in [6.07, 6.45) is 0. The predicted molar refractivity (Wildman–Crippen MR) is 99.1 cm³/mol. The van der Waals surface area contributed by atoms with E-state index < -0.39 is 37.0 Å². The third-order valence-electron chi connectivity index (χ3n) is 4.50. The van der Waals surface area contributed by atoms with Gasteiger partial charge in [-0.1, -0.05) is 0 Å². The number of rotatable bonds is 4. The van der Waals surface area contributed by atoms with Crippen LogP contribution in [0.15, 0.2) is 0 Å². The second-order valence-corrected chi connectivity index (χ2v) is 99.8. The van der Waals surface area contributed by atoms with Crippen LogP contribution in [-0.2, 0) is 0 Å². The van der Waals surface area contributed by atoms with Gasteiger partial charge in [-0.05, 0) is 0 Å². The van der Waals surface area contributed by atoms with Gasteiger partial charge in [0.05, 0.1) is 0 Å². The first-order valence-corrected chi connectivity index (χ1v) is 33.6. The fourth-order valence-electron chi connectivity index (χ4n) is 6.75. The first-order valence-electron chi connectivity index (χ1n) is 7.00. The molecule has 0 aliphatic heterocycles. The maximum atomic E-state index is 2.74. The molecule has 17 heavy (non-hydrogen) atoms. The van der Waals surface area contributed by atoms with Crippen LogP contribution in [0.5, 0.6) is 0 Å². The van der Waals surface area contributed by atoms with Gasteiger partial charge in [-0.15, -0.1) is 0 Å². The van der Waals surface area contributed by atoms with Gasteiger partial charge in [0.1, 0.15) is 0 Å². The molecule has 5 heteroatoms. The minimum atomic E-state index is -1.69. The van der Waals surface area contributed by atoms with Crippen LogP contribution in [0.25, 0.3) is 0 Å². The average Bonchev–Trinajstić information content (AvgIpc) is 1.67. The Morgan fingerprint density at radius 2 is 0.471 bits per heavy atom. The zero-order valence-electron chi connectivity index (χ0n) is 14.5. The summed E-state index contributed by atoms with van der Waals surface area (Å²) in [5, 5.41) is 0. The van der Waals surface area contributed by atoms with Gasteiger partial charge in [-0.2, -0.15) is 0 Å². The average molecular weight is 365 g/mol. The summed E-state index contributed by atoms with van der Waals surface area (Å²) >= 11 is 0. The van der Waals surface area contributed by atoms with Crippen molar-refractivity contribution >= 4 is 37.0 Å². The molecule has 0 aromatic heterocycles. The zero-order chi connectivity index (χ0) is 14.5. The Labute approximate surface area is 115 Å². The SMILES string of the molecule is C[Si](C)(C)[Ge]([Si](C)(C)C)([Si](C)(C)C)[Si](C)(C)C. The molecule has 0 aliphatic carbocycles. The molecule has 0 N–H and O–H groups in total. The van der Waals surface area contributed by atoms with E-state index >= 15 is 0 Å². The Bertz CT molecular complexity index is 211. The summed E-state index contributed by atoms with van der Waals surface area (Å²) < 4.78 is 0. The van der Waals surface area contributed by atoms with Crippen LogP contribution in [0.4, 0.5) is 0 Å². The summed E-state index contributed by atoms with van der Waals surface area (Å²) in [5.41, 5.74) is 0. The molecular weight excluding hydrogens is 329 g/mol. The van der Waals surface area contributed by atoms with E-state index in [1.54, 1.807) is 0 Å². The standard InChI is InChI=1S/C12H36GeSi4/c1-14(2,3)13(15(4,5)6,16(7,8)9)17(10,11)12/h1-12H3. The normalized spacial score (nSPS) is 16.2. The van der Waals surface area contributed by atoms with Gasteiger partial charge < -0.3 is 0 Å². The molecule has 0 saturated heterocycles. The molecule has 0 amide bonds. The Hall–Kier alpha value is 1.41. The Morgan fingerprint density at radius 3 is 0.471 bits per heavy atom. The van der Waals surface area contributed by atoms with Crippen molar-refractivity contribution in [1.29, 1.82) is 0 Å². The molecule has 0 aromatic rings. The third-order valence-corrected chi connectivity index (χ3v) is 210. The van der Waals surface area contributed by atoms with Crippen LogP contribution in [-0.4, -0.2) is 37.0 Å². The fraction of sp³-hybridized carbons (Fsp3) is 1.00. The molecule has 104 valence electrons. The third kappa shape index (κ3) is 2.95. The Kier molecular flexibility index (Phi) is 5.15. The van der Waals surface area contributed by atoms with Crippen LogP contribution in [0.3, 0.4) is 0 Å². The van der Waals surface area contributed by atoms with Crippen molar-refractivity contribution in [2.24, 2.45) is 0 Å². The van der Waals surface area contributed by atoms with E-state index in [9.17, 15) is 0 Å². The topological polar surface area (TPSA) is 0 Å². The van der Waals surface area contributed by atoms with Gasteiger partial charge in [-0.3, -0.25) is 0 Å². The van der Waals surface area contributed by atoms with Crippen molar-refractivity contribution in [2.75, 3.05) is 0 Å².